The van der Waals surface area contributed by atoms with Crippen molar-refractivity contribution in [3.05, 3.63) is 83.4 Å². The smallest absolute Gasteiger partial charge is 0.253 e. The number of nitrogens with zero attached hydrogens (tertiary/aromatic N) is 1. The predicted molar refractivity (Wildman–Crippen MR) is 102 cm³/mol. The molecule has 5 heteroatoms. The first-order valence-corrected chi connectivity index (χ1v) is 8.40. The Bertz CT molecular complexity index is 1050. The van der Waals surface area contributed by atoms with Crippen molar-refractivity contribution >= 4 is 33.7 Å². The lowest BCUT2D eigenvalue weighted by atomic mass is 9.94. The molecule has 0 radical (unpaired) electrons. The Kier molecular flexibility index (Phi) is 5.18. The average molecular weight is 380 g/mol. The van der Waals surface area contributed by atoms with Gasteiger partial charge in [0, 0.05) is 11.1 Å². The zero-order chi connectivity index (χ0) is 18.7. The first kappa shape index (κ1) is 17.9. The third-order valence-corrected chi connectivity index (χ3v) is 4.40. The van der Waals surface area contributed by atoms with Crippen LogP contribution >= 0.6 is 23.2 Å². The molecule has 0 atom stereocenters. The van der Waals surface area contributed by atoms with Gasteiger partial charge in [0.2, 0.25) is 0 Å². The highest BCUT2D eigenvalue weighted by Gasteiger charge is 2.13. The highest BCUT2D eigenvalue weighted by atomic mass is 35.5. The van der Waals surface area contributed by atoms with Crippen molar-refractivity contribution in [1.29, 1.82) is 5.26 Å². The second-order valence-electron chi connectivity index (χ2n) is 5.58. The van der Waals surface area contributed by atoms with E-state index in [9.17, 15) is 9.59 Å². The Labute approximate surface area is 160 Å². The standard InChI is InChI=1S/C21H11Cl2NO2/c22-20(25)15-6-4-14(5-7-15)16-8-9-18(21(23)26)19(11-16)17-3-1-2-13(10-17)12-24/h1-11H. The topological polar surface area (TPSA) is 57.9 Å². The Morgan fingerprint density at radius 3 is 2.08 bits per heavy atom. The minimum atomic E-state index is -0.572. The van der Waals surface area contributed by atoms with Crippen LogP contribution in [0, 0.1) is 11.3 Å². The van der Waals surface area contributed by atoms with Crippen molar-refractivity contribution < 1.29 is 9.59 Å². The van der Waals surface area contributed by atoms with Crippen LogP contribution in [0.5, 0.6) is 0 Å². The van der Waals surface area contributed by atoms with Gasteiger partial charge in [0.15, 0.2) is 0 Å². The number of benzene rings is 3. The molecule has 0 saturated heterocycles. The van der Waals surface area contributed by atoms with Gasteiger partial charge in [-0.15, -0.1) is 0 Å². The van der Waals surface area contributed by atoms with E-state index >= 15 is 0 Å². The van der Waals surface area contributed by atoms with E-state index in [2.05, 4.69) is 6.07 Å². The van der Waals surface area contributed by atoms with Gasteiger partial charge >= 0.3 is 0 Å². The fraction of sp³-hybridized carbons (Fsp3) is 0. The molecular formula is C21H11Cl2NO2. The first-order valence-electron chi connectivity index (χ1n) is 7.64. The van der Waals surface area contributed by atoms with Gasteiger partial charge in [-0.1, -0.05) is 30.3 Å². The summed E-state index contributed by atoms with van der Waals surface area (Å²) in [6, 6.07) is 21.2. The Balaban J connectivity index is 2.13. The van der Waals surface area contributed by atoms with Gasteiger partial charge < -0.3 is 0 Å². The molecule has 0 aliphatic rings. The molecule has 0 amide bonds. The zero-order valence-electron chi connectivity index (χ0n) is 13.4. The SMILES string of the molecule is N#Cc1cccc(-c2cc(-c3ccc(C(=O)Cl)cc3)ccc2C(=O)Cl)c1. The molecule has 0 aliphatic carbocycles. The molecule has 0 aromatic heterocycles. The van der Waals surface area contributed by atoms with Crippen LogP contribution in [0.25, 0.3) is 22.3 Å². The molecule has 0 bridgehead atoms. The maximum atomic E-state index is 11.8. The fourth-order valence-electron chi connectivity index (χ4n) is 2.68. The highest BCUT2D eigenvalue weighted by Crippen LogP contribution is 2.31. The lowest BCUT2D eigenvalue weighted by Gasteiger charge is -2.11. The van der Waals surface area contributed by atoms with Crippen LogP contribution in [0.1, 0.15) is 26.3 Å². The van der Waals surface area contributed by atoms with Gasteiger partial charge in [-0.2, -0.15) is 5.26 Å². The Morgan fingerprint density at radius 1 is 0.769 bits per heavy atom. The van der Waals surface area contributed by atoms with Crippen LogP contribution in [-0.2, 0) is 0 Å². The third-order valence-electron chi connectivity index (χ3n) is 3.98. The lowest BCUT2D eigenvalue weighted by molar-refractivity contribution is 0.107. The summed E-state index contributed by atoms with van der Waals surface area (Å²) in [5, 5.41) is 8.02. The zero-order valence-corrected chi connectivity index (χ0v) is 14.9. The predicted octanol–water partition coefficient (Wildman–Crippen LogP) is 5.65. The van der Waals surface area contributed by atoms with Gasteiger partial charge in [0.05, 0.1) is 11.6 Å². The van der Waals surface area contributed by atoms with Crippen LogP contribution in [0.4, 0.5) is 0 Å². The molecule has 3 aromatic rings. The molecule has 0 unspecified atom stereocenters. The van der Waals surface area contributed by atoms with Crippen LogP contribution in [0.2, 0.25) is 0 Å². The lowest BCUT2D eigenvalue weighted by Crippen LogP contribution is -1.95. The quantitative estimate of drug-likeness (QED) is 0.550. The van der Waals surface area contributed by atoms with Crippen molar-refractivity contribution in [1.82, 2.24) is 0 Å². The molecular weight excluding hydrogens is 369 g/mol. The number of nitriles is 1. The minimum Gasteiger partial charge on any atom is -0.276 e. The second kappa shape index (κ2) is 7.53. The van der Waals surface area contributed by atoms with Crippen molar-refractivity contribution in [3.8, 4) is 28.3 Å². The normalized spacial score (nSPS) is 10.2. The largest absolute Gasteiger partial charge is 0.276 e. The summed E-state index contributed by atoms with van der Waals surface area (Å²) < 4.78 is 0. The third kappa shape index (κ3) is 3.67. The molecule has 3 aromatic carbocycles. The summed E-state index contributed by atoms with van der Waals surface area (Å²) in [5.74, 6) is 0. The average Bonchev–Trinajstić information content (AvgIpc) is 2.67. The number of carbonyl (C=O) groups excluding carboxylic acids is 2. The summed E-state index contributed by atoms with van der Waals surface area (Å²) in [5.41, 5.74) is 4.32. The molecule has 0 spiro atoms. The molecule has 0 saturated carbocycles. The number of carbonyl (C=O) groups is 2. The molecule has 0 N–H and O–H groups in total. The van der Waals surface area contributed by atoms with E-state index in [-0.39, 0.29) is 0 Å². The minimum absolute atomic E-state index is 0.359. The maximum absolute atomic E-state index is 11.8. The van der Waals surface area contributed by atoms with Crippen LogP contribution in [0.15, 0.2) is 66.7 Å². The molecule has 0 fully saturated rings. The van der Waals surface area contributed by atoms with Crippen molar-refractivity contribution in [2.24, 2.45) is 0 Å². The summed E-state index contributed by atoms with van der Waals surface area (Å²) >= 11 is 11.2. The van der Waals surface area contributed by atoms with Crippen molar-refractivity contribution in [3.63, 3.8) is 0 Å². The number of hydrogen-bond donors (Lipinski definition) is 0. The van der Waals surface area contributed by atoms with E-state index < -0.39 is 10.5 Å². The van der Waals surface area contributed by atoms with E-state index in [0.717, 1.165) is 16.7 Å². The second-order valence-corrected chi connectivity index (χ2v) is 6.26. The van der Waals surface area contributed by atoms with Crippen LogP contribution < -0.4 is 0 Å². The molecule has 126 valence electrons. The summed E-state index contributed by atoms with van der Waals surface area (Å²) in [6.07, 6.45) is 0. The Morgan fingerprint density at radius 2 is 1.46 bits per heavy atom. The Hall–Kier alpha value is -2.93. The van der Waals surface area contributed by atoms with Crippen LogP contribution in [-0.4, -0.2) is 10.5 Å². The molecule has 3 rings (SSSR count). The van der Waals surface area contributed by atoms with E-state index in [1.165, 1.54) is 0 Å². The number of hydrogen-bond acceptors (Lipinski definition) is 3. The molecule has 0 heterocycles. The van der Waals surface area contributed by atoms with Crippen LogP contribution in [0.3, 0.4) is 0 Å². The van der Waals surface area contributed by atoms with E-state index in [4.69, 9.17) is 28.5 Å². The van der Waals surface area contributed by atoms with Gasteiger partial charge in [-0.3, -0.25) is 9.59 Å². The molecule has 0 aliphatic heterocycles. The molecule has 26 heavy (non-hydrogen) atoms. The van der Waals surface area contributed by atoms with Crippen molar-refractivity contribution in [2.45, 2.75) is 0 Å². The van der Waals surface area contributed by atoms with E-state index in [1.54, 1.807) is 54.6 Å². The maximum Gasteiger partial charge on any atom is 0.253 e. The fourth-order valence-corrected chi connectivity index (χ4v) is 2.97. The summed E-state index contributed by atoms with van der Waals surface area (Å²) in [6.45, 7) is 0. The van der Waals surface area contributed by atoms with Gasteiger partial charge in [0.25, 0.3) is 10.5 Å². The highest BCUT2D eigenvalue weighted by molar-refractivity contribution is 6.68. The number of halogens is 2. The van der Waals surface area contributed by atoms with Gasteiger partial charge in [-0.25, -0.2) is 0 Å². The summed E-state index contributed by atoms with van der Waals surface area (Å²) in [4.78, 5) is 23.0. The van der Waals surface area contributed by atoms with E-state index in [0.29, 0.717) is 22.3 Å². The van der Waals surface area contributed by atoms with Gasteiger partial charge in [-0.05, 0) is 81.9 Å². The number of rotatable bonds is 4. The summed E-state index contributed by atoms with van der Waals surface area (Å²) in [7, 11) is 0. The molecule has 3 nitrogen and oxygen atoms in total. The monoisotopic (exact) mass is 379 g/mol. The first-order chi connectivity index (χ1) is 12.5. The van der Waals surface area contributed by atoms with Gasteiger partial charge in [0.1, 0.15) is 0 Å². The van der Waals surface area contributed by atoms with Crippen molar-refractivity contribution in [2.75, 3.05) is 0 Å². The van der Waals surface area contributed by atoms with E-state index in [1.807, 2.05) is 12.1 Å².